The fraction of sp³-hybridized carbons (Fsp3) is 0.500. The van der Waals surface area contributed by atoms with Gasteiger partial charge in [-0.1, -0.05) is 19.1 Å². The average molecular weight is 257 g/mol. The second-order valence-electron chi connectivity index (χ2n) is 4.61. The maximum Gasteiger partial charge on any atom is 0.243 e. The standard InChI is InChI=1S/C12H16FNO2S/c1-2-12(7-8-12)9-14-17(15,16)11-6-4-3-5-10(11)13/h3-6,14H,2,7-9H2,1H3. The number of hydrogen-bond acceptors (Lipinski definition) is 2. The summed E-state index contributed by atoms with van der Waals surface area (Å²) in [6.07, 6.45) is 3.04. The van der Waals surface area contributed by atoms with Crippen molar-refractivity contribution in [3.05, 3.63) is 30.1 Å². The Kier molecular flexibility index (Phi) is 3.23. The predicted molar refractivity (Wildman–Crippen MR) is 63.5 cm³/mol. The molecule has 0 saturated heterocycles. The normalized spacial score (nSPS) is 18.0. The molecule has 0 aliphatic heterocycles. The second kappa shape index (κ2) is 4.38. The van der Waals surface area contributed by atoms with E-state index in [4.69, 9.17) is 0 Å². The summed E-state index contributed by atoms with van der Waals surface area (Å²) < 4.78 is 39.7. The molecular weight excluding hydrogens is 241 g/mol. The molecule has 1 N–H and O–H groups in total. The Morgan fingerprint density at radius 1 is 1.35 bits per heavy atom. The second-order valence-corrected chi connectivity index (χ2v) is 6.34. The lowest BCUT2D eigenvalue weighted by atomic mass is 10.1. The Morgan fingerprint density at radius 2 is 2.00 bits per heavy atom. The van der Waals surface area contributed by atoms with Crippen molar-refractivity contribution < 1.29 is 12.8 Å². The molecule has 1 fully saturated rings. The lowest BCUT2D eigenvalue weighted by molar-refractivity contribution is 0.473. The molecule has 1 saturated carbocycles. The molecule has 0 unspecified atom stereocenters. The van der Waals surface area contributed by atoms with Crippen LogP contribution in [0.1, 0.15) is 26.2 Å². The van der Waals surface area contributed by atoms with Gasteiger partial charge < -0.3 is 0 Å². The van der Waals surface area contributed by atoms with Crippen LogP contribution in [0.15, 0.2) is 29.2 Å². The van der Waals surface area contributed by atoms with Crippen molar-refractivity contribution in [2.75, 3.05) is 6.54 Å². The first-order valence-corrected chi connectivity index (χ1v) is 7.22. The van der Waals surface area contributed by atoms with Gasteiger partial charge >= 0.3 is 0 Å². The van der Waals surface area contributed by atoms with E-state index in [0.717, 1.165) is 25.3 Å². The summed E-state index contributed by atoms with van der Waals surface area (Å²) in [5.74, 6) is -0.707. The molecule has 1 aromatic carbocycles. The molecule has 0 heterocycles. The summed E-state index contributed by atoms with van der Waals surface area (Å²) in [7, 11) is -3.72. The van der Waals surface area contributed by atoms with Crippen LogP contribution in [0, 0.1) is 11.2 Å². The van der Waals surface area contributed by atoms with E-state index in [1.807, 2.05) is 6.92 Å². The van der Waals surface area contributed by atoms with Crippen LogP contribution in [-0.4, -0.2) is 15.0 Å². The van der Waals surface area contributed by atoms with Gasteiger partial charge in [-0.15, -0.1) is 0 Å². The largest absolute Gasteiger partial charge is 0.243 e. The number of nitrogens with one attached hydrogen (secondary N) is 1. The molecule has 5 heteroatoms. The Labute approximate surface area is 101 Å². The highest BCUT2D eigenvalue weighted by Crippen LogP contribution is 2.48. The maximum absolute atomic E-state index is 13.4. The lowest BCUT2D eigenvalue weighted by Gasteiger charge is -2.13. The predicted octanol–water partition coefficient (Wildman–Crippen LogP) is 2.29. The topological polar surface area (TPSA) is 46.2 Å². The minimum atomic E-state index is -3.72. The van der Waals surface area contributed by atoms with Crippen molar-refractivity contribution in [1.29, 1.82) is 0 Å². The minimum Gasteiger partial charge on any atom is -0.211 e. The SMILES string of the molecule is CCC1(CNS(=O)(=O)c2ccccc2F)CC1. The maximum atomic E-state index is 13.4. The molecule has 94 valence electrons. The van der Waals surface area contributed by atoms with Crippen molar-refractivity contribution in [2.24, 2.45) is 5.41 Å². The molecule has 0 atom stereocenters. The van der Waals surface area contributed by atoms with Crippen LogP contribution < -0.4 is 4.72 Å². The van der Waals surface area contributed by atoms with Crippen LogP contribution in [0.5, 0.6) is 0 Å². The number of hydrogen-bond donors (Lipinski definition) is 1. The van der Waals surface area contributed by atoms with E-state index in [-0.39, 0.29) is 10.3 Å². The highest BCUT2D eigenvalue weighted by atomic mass is 32.2. The molecule has 0 amide bonds. The molecular formula is C12H16FNO2S. The van der Waals surface area contributed by atoms with Crippen LogP contribution in [0.2, 0.25) is 0 Å². The molecule has 17 heavy (non-hydrogen) atoms. The van der Waals surface area contributed by atoms with Crippen LogP contribution in [0.3, 0.4) is 0 Å². The van der Waals surface area contributed by atoms with E-state index in [2.05, 4.69) is 4.72 Å². The first kappa shape index (κ1) is 12.5. The Morgan fingerprint density at radius 3 is 2.53 bits per heavy atom. The Balaban J connectivity index is 2.12. The van der Waals surface area contributed by atoms with Crippen molar-refractivity contribution in [2.45, 2.75) is 31.1 Å². The van der Waals surface area contributed by atoms with Gasteiger partial charge in [-0.05, 0) is 36.8 Å². The summed E-state index contributed by atoms with van der Waals surface area (Å²) in [6.45, 7) is 2.45. The summed E-state index contributed by atoms with van der Waals surface area (Å²) in [5.41, 5.74) is 0.109. The smallest absolute Gasteiger partial charge is 0.211 e. The Hall–Kier alpha value is -0.940. The van der Waals surface area contributed by atoms with Gasteiger partial charge in [0.05, 0.1) is 0 Å². The summed E-state index contributed by atoms with van der Waals surface area (Å²) in [4.78, 5) is -0.271. The molecule has 0 aromatic heterocycles. The van der Waals surface area contributed by atoms with Crippen LogP contribution >= 0.6 is 0 Å². The summed E-state index contributed by atoms with van der Waals surface area (Å²) in [6, 6.07) is 5.43. The summed E-state index contributed by atoms with van der Waals surface area (Å²) in [5, 5.41) is 0. The third-order valence-electron chi connectivity index (χ3n) is 3.47. The zero-order valence-corrected chi connectivity index (χ0v) is 10.6. The van der Waals surface area contributed by atoms with Gasteiger partial charge in [-0.3, -0.25) is 0 Å². The first-order valence-electron chi connectivity index (χ1n) is 5.73. The molecule has 0 spiro atoms. The van der Waals surface area contributed by atoms with Gasteiger partial charge in [0.25, 0.3) is 0 Å². The lowest BCUT2D eigenvalue weighted by Crippen LogP contribution is -2.30. The van der Waals surface area contributed by atoms with Crippen molar-refractivity contribution in [3.8, 4) is 0 Å². The Bertz CT molecular complexity index is 509. The highest BCUT2D eigenvalue weighted by molar-refractivity contribution is 7.89. The van der Waals surface area contributed by atoms with Gasteiger partial charge in [0, 0.05) is 6.54 Å². The number of benzene rings is 1. The monoisotopic (exact) mass is 257 g/mol. The van der Waals surface area contributed by atoms with Gasteiger partial charge in [-0.2, -0.15) is 0 Å². The number of sulfonamides is 1. The van der Waals surface area contributed by atoms with E-state index in [1.54, 1.807) is 0 Å². The zero-order chi connectivity index (χ0) is 12.5. The molecule has 1 aromatic rings. The van der Waals surface area contributed by atoms with E-state index < -0.39 is 15.8 Å². The zero-order valence-electron chi connectivity index (χ0n) is 9.74. The van der Waals surface area contributed by atoms with E-state index in [0.29, 0.717) is 6.54 Å². The minimum absolute atomic E-state index is 0.109. The molecule has 0 bridgehead atoms. The van der Waals surface area contributed by atoms with E-state index in [9.17, 15) is 12.8 Å². The fourth-order valence-corrected chi connectivity index (χ4v) is 3.05. The van der Waals surface area contributed by atoms with Gasteiger partial charge in [0.2, 0.25) is 10.0 Å². The van der Waals surface area contributed by atoms with Crippen LogP contribution in [0.4, 0.5) is 4.39 Å². The van der Waals surface area contributed by atoms with E-state index >= 15 is 0 Å². The van der Waals surface area contributed by atoms with Gasteiger partial charge in [0.15, 0.2) is 0 Å². The van der Waals surface area contributed by atoms with Crippen molar-refractivity contribution >= 4 is 10.0 Å². The molecule has 2 rings (SSSR count). The third kappa shape index (κ3) is 2.66. The van der Waals surface area contributed by atoms with Gasteiger partial charge in [-0.25, -0.2) is 17.5 Å². The third-order valence-corrected chi connectivity index (χ3v) is 4.90. The molecule has 0 radical (unpaired) electrons. The highest BCUT2D eigenvalue weighted by Gasteiger charge is 2.41. The first-order chi connectivity index (χ1) is 7.99. The fourth-order valence-electron chi connectivity index (χ4n) is 1.82. The quantitative estimate of drug-likeness (QED) is 0.879. The van der Waals surface area contributed by atoms with Crippen molar-refractivity contribution in [3.63, 3.8) is 0 Å². The number of rotatable bonds is 5. The van der Waals surface area contributed by atoms with E-state index in [1.165, 1.54) is 18.2 Å². The van der Waals surface area contributed by atoms with Crippen molar-refractivity contribution in [1.82, 2.24) is 4.72 Å². The number of halogens is 1. The molecule has 1 aliphatic rings. The van der Waals surface area contributed by atoms with Gasteiger partial charge in [0.1, 0.15) is 10.7 Å². The average Bonchev–Trinajstić information content (AvgIpc) is 3.08. The molecule has 1 aliphatic carbocycles. The van der Waals surface area contributed by atoms with Crippen LogP contribution in [0.25, 0.3) is 0 Å². The van der Waals surface area contributed by atoms with Crippen LogP contribution in [-0.2, 0) is 10.0 Å². The molecule has 3 nitrogen and oxygen atoms in total. The summed E-state index contributed by atoms with van der Waals surface area (Å²) >= 11 is 0.